The lowest BCUT2D eigenvalue weighted by Crippen LogP contribution is -2.35. The third-order valence-corrected chi connectivity index (χ3v) is 5.70. The Kier molecular flexibility index (Phi) is 7.36. The van der Waals surface area contributed by atoms with Gasteiger partial charge in [-0.1, -0.05) is 46.6 Å². The number of aryl methyl sites for hydroxylation is 1. The number of thioether (sulfide) groups is 1. The smallest absolute Gasteiger partial charge is 0.255 e. The molecule has 3 rings (SSSR count). The van der Waals surface area contributed by atoms with Crippen molar-refractivity contribution < 1.29 is 14.1 Å². The number of likely N-dealkylation sites (N-methyl/N-ethyl adjacent to an activating group) is 1. The average molecular weight is 465 g/mol. The second kappa shape index (κ2) is 9.97. The molecule has 156 valence electrons. The van der Waals surface area contributed by atoms with Gasteiger partial charge in [-0.2, -0.15) is 4.98 Å². The van der Waals surface area contributed by atoms with Crippen LogP contribution in [0.3, 0.4) is 0 Å². The molecule has 0 aliphatic rings. The first-order valence-corrected chi connectivity index (χ1v) is 10.6. The Morgan fingerprint density at radius 2 is 1.83 bits per heavy atom. The van der Waals surface area contributed by atoms with Gasteiger partial charge in [-0.05, 0) is 24.3 Å². The summed E-state index contributed by atoms with van der Waals surface area (Å²) in [5, 5.41) is 7.15. The lowest BCUT2D eigenvalue weighted by molar-refractivity contribution is -0.116. The van der Waals surface area contributed by atoms with Crippen molar-refractivity contribution in [2.75, 3.05) is 18.9 Å². The molecule has 0 atom stereocenters. The number of amides is 2. The molecular weight excluding hydrogens is 447 g/mol. The van der Waals surface area contributed by atoms with Crippen molar-refractivity contribution in [3.05, 3.63) is 69.8 Å². The zero-order valence-electron chi connectivity index (χ0n) is 16.2. The monoisotopic (exact) mass is 464 g/mol. The van der Waals surface area contributed by atoms with Gasteiger partial charge in [0.15, 0.2) is 5.82 Å². The summed E-state index contributed by atoms with van der Waals surface area (Å²) in [7, 11) is 1.56. The van der Waals surface area contributed by atoms with Crippen LogP contribution in [-0.2, 0) is 10.5 Å². The number of hydrogen-bond donors (Lipinski definition) is 1. The topological polar surface area (TPSA) is 88.3 Å². The Labute approximate surface area is 187 Å². The van der Waals surface area contributed by atoms with E-state index in [9.17, 15) is 9.59 Å². The van der Waals surface area contributed by atoms with Gasteiger partial charge < -0.3 is 14.7 Å². The highest BCUT2D eigenvalue weighted by molar-refractivity contribution is 7.98. The van der Waals surface area contributed by atoms with E-state index in [1.54, 1.807) is 44.3 Å². The molecule has 0 saturated carbocycles. The van der Waals surface area contributed by atoms with Gasteiger partial charge in [0.05, 0.1) is 33.6 Å². The number of halogens is 2. The van der Waals surface area contributed by atoms with E-state index < -0.39 is 5.91 Å². The largest absolute Gasteiger partial charge is 0.340 e. The molecule has 2 aromatic carbocycles. The molecule has 0 radical (unpaired) electrons. The van der Waals surface area contributed by atoms with Crippen molar-refractivity contribution in [1.29, 1.82) is 0 Å². The van der Waals surface area contributed by atoms with Crippen molar-refractivity contribution in [1.82, 2.24) is 15.0 Å². The number of carbonyl (C=O) groups excluding carboxylic acids is 2. The lowest BCUT2D eigenvalue weighted by atomic mass is 10.2. The number of nitrogens with zero attached hydrogens (tertiary/aromatic N) is 3. The molecule has 1 heterocycles. The maximum atomic E-state index is 12.9. The van der Waals surface area contributed by atoms with Crippen LogP contribution < -0.4 is 5.32 Å². The van der Waals surface area contributed by atoms with E-state index >= 15 is 0 Å². The molecule has 2 amide bonds. The molecule has 10 heteroatoms. The number of nitrogens with one attached hydrogen (secondary N) is 1. The minimum absolute atomic E-state index is 0.163. The standard InChI is InChI=1S/C20H18Cl2N4O3S/c1-12-23-17(25-29-12)11-30-16-9-4-3-6-13(16)20(28)26(2)10-18(27)24-19-14(21)7-5-8-15(19)22/h3-9H,10-11H2,1-2H3,(H,24,27). The van der Waals surface area contributed by atoms with Gasteiger partial charge in [0.1, 0.15) is 0 Å². The Hall–Kier alpha value is -2.55. The Bertz CT molecular complexity index is 1050. The molecule has 0 saturated heterocycles. The van der Waals surface area contributed by atoms with Crippen LogP contribution in [0.2, 0.25) is 10.0 Å². The van der Waals surface area contributed by atoms with E-state index in [-0.39, 0.29) is 12.5 Å². The highest BCUT2D eigenvalue weighted by atomic mass is 35.5. The Balaban J connectivity index is 1.66. The molecule has 0 aliphatic heterocycles. The van der Waals surface area contributed by atoms with Crippen LogP contribution in [0.4, 0.5) is 5.69 Å². The predicted molar refractivity (Wildman–Crippen MR) is 117 cm³/mol. The summed E-state index contributed by atoms with van der Waals surface area (Å²) < 4.78 is 4.97. The summed E-state index contributed by atoms with van der Waals surface area (Å²) in [6.07, 6.45) is 0. The molecule has 1 N–H and O–H groups in total. The molecule has 1 aromatic heterocycles. The second-order valence-electron chi connectivity index (χ2n) is 6.32. The first kappa shape index (κ1) is 22.1. The van der Waals surface area contributed by atoms with Crippen LogP contribution in [-0.4, -0.2) is 40.4 Å². The van der Waals surface area contributed by atoms with E-state index in [0.29, 0.717) is 38.8 Å². The Morgan fingerprint density at radius 3 is 2.50 bits per heavy atom. The number of anilines is 1. The highest BCUT2D eigenvalue weighted by Gasteiger charge is 2.19. The SMILES string of the molecule is Cc1nc(CSc2ccccc2C(=O)N(C)CC(=O)Nc2c(Cl)cccc2Cl)no1. The third kappa shape index (κ3) is 5.53. The molecule has 0 spiro atoms. The highest BCUT2D eigenvalue weighted by Crippen LogP contribution is 2.30. The number of rotatable bonds is 7. The first-order valence-electron chi connectivity index (χ1n) is 8.85. The summed E-state index contributed by atoms with van der Waals surface area (Å²) in [4.78, 5) is 31.6. The van der Waals surface area contributed by atoms with Crippen molar-refractivity contribution in [3.8, 4) is 0 Å². The summed E-state index contributed by atoms with van der Waals surface area (Å²) in [6, 6.07) is 12.1. The molecule has 30 heavy (non-hydrogen) atoms. The lowest BCUT2D eigenvalue weighted by Gasteiger charge is -2.19. The van der Waals surface area contributed by atoms with Gasteiger partial charge >= 0.3 is 0 Å². The van der Waals surface area contributed by atoms with Crippen molar-refractivity contribution in [2.24, 2.45) is 0 Å². The number of hydrogen-bond acceptors (Lipinski definition) is 6. The van der Waals surface area contributed by atoms with Gasteiger partial charge in [-0.25, -0.2) is 0 Å². The van der Waals surface area contributed by atoms with Crippen molar-refractivity contribution >= 4 is 52.5 Å². The first-order chi connectivity index (χ1) is 14.3. The summed E-state index contributed by atoms with van der Waals surface area (Å²) in [5.41, 5.74) is 0.798. The van der Waals surface area contributed by atoms with Gasteiger partial charge in [-0.3, -0.25) is 9.59 Å². The predicted octanol–water partition coefficient (Wildman–Crippen LogP) is 4.69. The van der Waals surface area contributed by atoms with Crippen LogP contribution in [0.5, 0.6) is 0 Å². The van der Waals surface area contributed by atoms with Gasteiger partial charge in [0, 0.05) is 18.9 Å². The summed E-state index contributed by atoms with van der Waals surface area (Å²) in [5.74, 6) is 0.788. The van der Waals surface area contributed by atoms with Crippen molar-refractivity contribution in [2.45, 2.75) is 17.6 Å². The molecule has 0 unspecified atom stereocenters. The van der Waals surface area contributed by atoms with E-state index in [1.165, 1.54) is 16.7 Å². The minimum Gasteiger partial charge on any atom is -0.340 e. The van der Waals surface area contributed by atoms with Crippen LogP contribution >= 0.6 is 35.0 Å². The number of aromatic nitrogens is 2. The van der Waals surface area contributed by atoms with Crippen LogP contribution in [0.1, 0.15) is 22.1 Å². The molecular formula is C20H18Cl2N4O3S. The fourth-order valence-corrected chi connectivity index (χ4v) is 3.98. The number of benzene rings is 2. The minimum atomic E-state index is -0.409. The third-order valence-electron chi connectivity index (χ3n) is 4.00. The summed E-state index contributed by atoms with van der Waals surface area (Å²) >= 11 is 13.6. The zero-order valence-corrected chi connectivity index (χ0v) is 18.5. The average Bonchev–Trinajstić information content (AvgIpc) is 3.14. The second-order valence-corrected chi connectivity index (χ2v) is 8.15. The fraction of sp³-hybridized carbons (Fsp3) is 0.200. The molecule has 0 fully saturated rings. The van der Waals surface area contributed by atoms with E-state index in [2.05, 4.69) is 15.5 Å². The van der Waals surface area contributed by atoms with Gasteiger partial charge in [0.2, 0.25) is 11.8 Å². The van der Waals surface area contributed by atoms with E-state index in [0.717, 1.165) is 4.90 Å². The van der Waals surface area contributed by atoms with Gasteiger partial charge in [0.25, 0.3) is 5.91 Å². The fourth-order valence-electron chi connectivity index (χ4n) is 2.60. The van der Waals surface area contributed by atoms with Crippen molar-refractivity contribution in [3.63, 3.8) is 0 Å². The van der Waals surface area contributed by atoms with E-state index in [1.807, 2.05) is 12.1 Å². The number of carbonyl (C=O) groups is 2. The summed E-state index contributed by atoms with van der Waals surface area (Å²) in [6.45, 7) is 1.55. The maximum absolute atomic E-state index is 12.9. The van der Waals surface area contributed by atoms with Crippen LogP contribution in [0, 0.1) is 6.92 Å². The van der Waals surface area contributed by atoms with Crippen LogP contribution in [0.15, 0.2) is 51.9 Å². The normalized spacial score (nSPS) is 10.7. The number of para-hydroxylation sites is 1. The maximum Gasteiger partial charge on any atom is 0.255 e. The molecule has 3 aromatic rings. The molecule has 0 aliphatic carbocycles. The Morgan fingerprint density at radius 1 is 1.13 bits per heavy atom. The van der Waals surface area contributed by atoms with Crippen LogP contribution in [0.25, 0.3) is 0 Å². The quantitative estimate of drug-likeness (QED) is 0.510. The zero-order chi connectivity index (χ0) is 21.7. The molecule has 7 nitrogen and oxygen atoms in total. The van der Waals surface area contributed by atoms with Gasteiger partial charge in [-0.15, -0.1) is 11.8 Å². The van der Waals surface area contributed by atoms with E-state index in [4.69, 9.17) is 27.7 Å². The molecule has 0 bridgehead atoms.